The van der Waals surface area contributed by atoms with Crippen molar-refractivity contribution in [3.05, 3.63) is 182 Å². The Balaban J connectivity index is 1.26. The number of benzene rings is 8. The van der Waals surface area contributed by atoms with Crippen molar-refractivity contribution in [2.24, 2.45) is 0 Å². The molecule has 0 N–H and O–H groups in total. The molecule has 10 aromatic rings. The van der Waals surface area contributed by atoms with E-state index in [9.17, 15) is 0 Å². The van der Waals surface area contributed by atoms with Crippen LogP contribution in [0.2, 0.25) is 0 Å². The van der Waals surface area contributed by atoms with Crippen molar-refractivity contribution in [1.82, 2.24) is 4.57 Å². The lowest BCUT2D eigenvalue weighted by Crippen LogP contribution is -2.11. The van der Waals surface area contributed by atoms with Gasteiger partial charge >= 0.3 is 0 Å². The van der Waals surface area contributed by atoms with E-state index in [4.69, 9.17) is 4.42 Å². The number of fused-ring (bicyclic) bond motifs is 8. The van der Waals surface area contributed by atoms with Crippen LogP contribution >= 0.6 is 0 Å². The van der Waals surface area contributed by atoms with Gasteiger partial charge in [0, 0.05) is 49.6 Å². The number of anilines is 3. The maximum Gasteiger partial charge on any atom is 0.143 e. The van der Waals surface area contributed by atoms with Crippen molar-refractivity contribution in [3.63, 3.8) is 0 Å². The first kappa shape index (κ1) is 27.5. The molecule has 0 unspecified atom stereocenters. The fourth-order valence-corrected chi connectivity index (χ4v) is 7.54. The lowest BCUT2D eigenvalue weighted by atomic mass is 10.0. The zero-order valence-corrected chi connectivity index (χ0v) is 26.6. The van der Waals surface area contributed by atoms with Gasteiger partial charge in [0.25, 0.3) is 0 Å². The maximum absolute atomic E-state index is 6.54. The molecule has 0 aliphatic carbocycles. The second-order valence-electron chi connectivity index (χ2n) is 12.6. The minimum atomic E-state index is 0.881. The quantitative estimate of drug-likeness (QED) is 0.190. The average Bonchev–Trinajstić information content (AvgIpc) is 3.71. The van der Waals surface area contributed by atoms with Crippen molar-refractivity contribution in [3.8, 4) is 16.8 Å². The third-order valence-electron chi connectivity index (χ3n) is 9.76. The van der Waals surface area contributed by atoms with Gasteiger partial charge in [0.05, 0.1) is 16.7 Å². The first-order valence-electron chi connectivity index (χ1n) is 16.7. The van der Waals surface area contributed by atoms with Crippen LogP contribution in [0.3, 0.4) is 0 Å². The SMILES string of the molecule is c1ccc(-c2ccccc2N(c2ccc3oc4c5ccccc5ccc4c3c2)c2ccc3c4ccccc4n(-c4ccccc4)c3c2)cc1. The predicted octanol–water partition coefficient (Wildman–Crippen LogP) is 13.0. The Morgan fingerprint density at radius 2 is 1.08 bits per heavy atom. The van der Waals surface area contributed by atoms with Crippen LogP contribution in [0, 0.1) is 0 Å². The Morgan fingerprint density at radius 3 is 1.96 bits per heavy atom. The fraction of sp³-hybridized carbons (Fsp3) is 0. The van der Waals surface area contributed by atoms with E-state index in [0.29, 0.717) is 0 Å². The van der Waals surface area contributed by atoms with E-state index in [1.165, 1.54) is 27.2 Å². The highest BCUT2D eigenvalue weighted by molar-refractivity contribution is 6.16. The molecule has 0 saturated carbocycles. The molecule has 2 aromatic heterocycles. The summed E-state index contributed by atoms with van der Waals surface area (Å²) in [5.74, 6) is 0. The van der Waals surface area contributed by atoms with E-state index in [2.05, 4.69) is 191 Å². The molecule has 8 aromatic carbocycles. The summed E-state index contributed by atoms with van der Waals surface area (Å²) in [4.78, 5) is 2.40. The topological polar surface area (TPSA) is 21.3 Å². The molecular formula is C46H30N2O. The van der Waals surface area contributed by atoms with Crippen LogP contribution in [0.15, 0.2) is 186 Å². The molecule has 10 rings (SSSR count). The van der Waals surface area contributed by atoms with Crippen LogP contribution in [0.1, 0.15) is 0 Å². The molecule has 2 heterocycles. The van der Waals surface area contributed by atoms with Crippen LogP contribution in [-0.2, 0) is 0 Å². The summed E-state index contributed by atoms with van der Waals surface area (Å²) in [6.07, 6.45) is 0. The Hall–Kier alpha value is -6.58. The van der Waals surface area contributed by atoms with Gasteiger partial charge in [-0.1, -0.05) is 121 Å². The van der Waals surface area contributed by atoms with Crippen LogP contribution in [0.4, 0.5) is 17.1 Å². The number of hydrogen-bond acceptors (Lipinski definition) is 2. The highest BCUT2D eigenvalue weighted by Crippen LogP contribution is 2.45. The molecule has 0 aliphatic rings. The molecule has 49 heavy (non-hydrogen) atoms. The molecule has 0 aliphatic heterocycles. The molecule has 0 saturated heterocycles. The molecule has 0 atom stereocenters. The summed E-state index contributed by atoms with van der Waals surface area (Å²) in [6.45, 7) is 0. The number of para-hydroxylation sites is 3. The van der Waals surface area contributed by atoms with Gasteiger partial charge in [-0.2, -0.15) is 0 Å². The van der Waals surface area contributed by atoms with E-state index in [-0.39, 0.29) is 0 Å². The Morgan fingerprint density at radius 1 is 0.429 bits per heavy atom. The number of hydrogen-bond donors (Lipinski definition) is 0. The standard InChI is InChI=1S/C46H30N2O/c1-3-13-31(14-4-1)36-18-9-11-21-42(36)47(34-25-28-45-41(29-34)40-26-23-32-15-7-8-19-37(32)46(40)49-45)35-24-27-39-38-20-10-12-22-43(38)48(44(39)30-35)33-16-5-2-6-17-33/h1-30H. The summed E-state index contributed by atoms with van der Waals surface area (Å²) in [5.41, 5.74) is 10.9. The first-order chi connectivity index (χ1) is 24.3. The number of rotatable bonds is 5. The molecule has 0 bridgehead atoms. The van der Waals surface area contributed by atoms with E-state index in [0.717, 1.165) is 61.2 Å². The second-order valence-corrected chi connectivity index (χ2v) is 12.6. The molecule has 3 heteroatoms. The Labute approximate surface area is 283 Å². The van der Waals surface area contributed by atoms with Crippen molar-refractivity contribution in [2.45, 2.75) is 0 Å². The van der Waals surface area contributed by atoms with Gasteiger partial charge in [-0.05, 0) is 71.6 Å². The molecule has 0 spiro atoms. The van der Waals surface area contributed by atoms with Gasteiger partial charge in [-0.25, -0.2) is 0 Å². The monoisotopic (exact) mass is 626 g/mol. The number of aromatic nitrogens is 1. The zero-order valence-electron chi connectivity index (χ0n) is 26.6. The molecular weight excluding hydrogens is 597 g/mol. The number of furan rings is 1. The minimum Gasteiger partial charge on any atom is -0.455 e. The first-order valence-corrected chi connectivity index (χ1v) is 16.7. The largest absolute Gasteiger partial charge is 0.455 e. The van der Waals surface area contributed by atoms with E-state index in [1.807, 2.05) is 0 Å². The lowest BCUT2D eigenvalue weighted by molar-refractivity contribution is 0.672. The van der Waals surface area contributed by atoms with Gasteiger partial charge in [-0.15, -0.1) is 0 Å². The van der Waals surface area contributed by atoms with Gasteiger partial charge in [0.1, 0.15) is 11.2 Å². The Kier molecular flexibility index (Phi) is 6.18. The Bertz CT molecular complexity index is 2830. The normalized spacial score (nSPS) is 11.7. The molecule has 230 valence electrons. The molecule has 0 fully saturated rings. The summed E-state index contributed by atoms with van der Waals surface area (Å²) >= 11 is 0. The highest BCUT2D eigenvalue weighted by Gasteiger charge is 2.21. The zero-order chi connectivity index (χ0) is 32.3. The van der Waals surface area contributed by atoms with Crippen molar-refractivity contribution >= 4 is 71.6 Å². The molecule has 3 nitrogen and oxygen atoms in total. The third-order valence-corrected chi connectivity index (χ3v) is 9.76. The molecule has 0 amide bonds. The van der Waals surface area contributed by atoms with Gasteiger partial charge in [0.2, 0.25) is 0 Å². The fourth-order valence-electron chi connectivity index (χ4n) is 7.54. The lowest BCUT2D eigenvalue weighted by Gasteiger charge is -2.28. The van der Waals surface area contributed by atoms with E-state index in [1.54, 1.807) is 0 Å². The minimum absolute atomic E-state index is 0.881. The van der Waals surface area contributed by atoms with Crippen LogP contribution in [0.25, 0.3) is 71.3 Å². The third kappa shape index (κ3) is 4.37. The van der Waals surface area contributed by atoms with E-state index < -0.39 is 0 Å². The summed E-state index contributed by atoms with van der Waals surface area (Å²) in [7, 11) is 0. The highest BCUT2D eigenvalue weighted by atomic mass is 16.3. The average molecular weight is 627 g/mol. The van der Waals surface area contributed by atoms with Gasteiger partial charge < -0.3 is 13.9 Å². The van der Waals surface area contributed by atoms with Crippen molar-refractivity contribution in [1.29, 1.82) is 0 Å². The number of nitrogens with zero attached hydrogens (tertiary/aromatic N) is 2. The summed E-state index contributed by atoms with van der Waals surface area (Å²) < 4.78 is 8.92. The van der Waals surface area contributed by atoms with Gasteiger partial charge in [-0.3, -0.25) is 0 Å². The van der Waals surface area contributed by atoms with Gasteiger partial charge in [0.15, 0.2) is 0 Å². The van der Waals surface area contributed by atoms with Crippen LogP contribution in [-0.4, -0.2) is 4.57 Å². The summed E-state index contributed by atoms with van der Waals surface area (Å²) in [6, 6.07) is 65.0. The van der Waals surface area contributed by atoms with E-state index >= 15 is 0 Å². The maximum atomic E-state index is 6.54. The molecule has 0 radical (unpaired) electrons. The van der Waals surface area contributed by atoms with Crippen LogP contribution < -0.4 is 4.90 Å². The smallest absolute Gasteiger partial charge is 0.143 e. The second kappa shape index (κ2) is 11.0. The summed E-state index contributed by atoms with van der Waals surface area (Å²) in [5, 5.41) is 6.98. The van der Waals surface area contributed by atoms with Crippen molar-refractivity contribution < 1.29 is 4.42 Å². The van der Waals surface area contributed by atoms with Crippen LogP contribution in [0.5, 0.6) is 0 Å². The predicted molar refractivity (Wildman–Crippen MR) is 206 cm³/mol. The van der Waals surface area contributed by atoms with Crippen molar-refractivity contribution in [2.75, 3.05) is 4.90 Å².